The van der Waals surface area contributed by atoms with E-state index in [1.807, 2.05) is 66.7 Å². The van der Waals surface area contributed by atoms with Gasteiger partial charge in [0, 0.05) is 5.56 Å². The normalized spacial score (nSPS) is 20.3. The van der Waals surface area contributed by atoms with E-state index in [-0.39, 0.29) is 24.7 Å². The van der Waals surface area contributed by atoms with Crippen LogP contribution in [0.4, 0.5) is 0 Å². The van der Waals surface area contributed by atoms with E-state index in [2.05, 4.69) is 10.1 Å². The van der Waals surface area contributed by atoms with Gasteiger partial charge < -0.3 is 9.47 Å². The minimum atomic E-state index is -3.99. The summed E-state index contributed by atoms with van der Waals surface area (Å²) in [5.41, 5.74) is 0.830. The molecule has 0 bridgehead atoms. The summed E-state index contributed by atoms with van der Waals surface area (Å²) in [5, 5.41) is 8.02. The maximum absolute atomic E-state index is 13.0. The summed E-state index contributed by atoms with van der Waals surface area (Å²) in [6.07, 6.45) is 2.43. The number of hydrogen-bond acceptors (Lipinski definition) is 7. The van der Waals surface area contributed by atoms with Crippen molar-refractivity contribution in [2.24, 2.45) is 0 Å². The topological polar surface area (TPSA) is 92.5 Å². The van der Waals surface area contributed by atoms with Crippen LogP contribution in [0.25, 0.3) is 21.5 Å². The predicted octanol–water partition coefficient (Wildman–Crippen LogP) is 4.26. The quantitative estimate of drug-likeness (QED) is 0.308. The standard InChI is InChI=1S/C27H23N3O5S/c31-36(32,24-13-12-20-6-1-2-8-22(20)14-24)34-16-23-15-33-27(35-23,17-30-19-28-18-29-30)26-11-5-9-21-7-3-4-10-25(21)26/h1-14,18-19,23H,15-17H2. The molecular formula is C27H23N3O5S. The molecule has 0 radical (unpaired) electrons. The SMILES string of the molecule is O=S(=O)(OCC1COC(Cn2cncn2)(c2cccc3ccccc23)O1)c1ccc2ccccc2c1. The van der Waals surface area contributed by atoms with Crippen LogP contribution in [0.2, 0.25) is 0 Å². The summed E-state index contributed by atoms with van der Waals surface area (Å²) in [7, 11) is -3.99. The van der Waals surface area contributed by atoms with E-state index in [9.17, 15) is 8.42 Å². The number of rotatable bonds is 7. The van der Waals surface area contributed by atoms with Crippen molar-refractivity contribution in [1.82, 2.24) is 14.8 Å². The van der Waals surface area contributed by atoms with Crippen LogP contribution in [0.5, 0.6) is 0 Å². The largest absolute Gasteiger partial charge is 0.342 e. The van der Waals surface area contributed by atoms with Gasteiger partial charge in [0.2, 0.25) is 5.79 Å². The van der Waals surface area contributed by atoms with Gasteiger partial charge in [0.1, 0.15) is 25.3 Å². The van der Waals surface area contributed by atoms with Gasteiger partial charge in [-0.15, -0.1) is 0 Å². The van der Waals surface area contributed by atoms with E-state index in [1.165, 1.54) is 6.33 Å². The third-order valence-corrected chi connectivity index (χ3v) is 7.59. The molecule has 9 heteroatoms. The van der Waals surface area contributed by atoms with Crippen molar-refractivity contribution in [2.45, 2.75) is 23.3 Å². The first-order valence-electron chi connectivity index (χ1n) is 11.5. The van der Waals surface area contributed by atoms with Crippen LogP contribution in [0.1, 0.15) is 5.56 Å². The van der Waals surface area contributed by atoms with Crippen LogP contribution in [0.3, 0.4) is 0 Å². The van der Waals surface area contributed by atoms with Gasteiger partial charge in [-0.2, -0.15) is 13.5 Å². The van der Waals surface area contributed by atoms with Gasteiger partial charge in [0.25, 0.3) is 10.1 Å². The zero-order chi connectivity index (χ0) is 24.6. The average molecular weight is 502 g/mol. The van der Waals surface area contributed by atoms with Gasteiger partial charge in [0.15, 0.2) is 0 Å². The highest BCUT2D eigenvalue weighted by atomic mass is 32.2. The molecule has 182 valence electrons. The fourth-order valence-electron chi connectivity index (χ4n) is 4.60. The first-order chi connectivity index (χ1) is 17.5. The fraction of sp³-hybridized carbons (Fsp3) is 0.185. The van der Waals surface area contributed by atoms with Crippen molar-refractivity contribution in [3.05, 3.63) is 103 Å². The lowest BCUT2D eigenvalue weighted by Gasteiger charge is -2.29. The van der Waals surface area contributed by atoms with E-state index < -0.39 is 22.0 Å². The second-order valence-corrected chi connectivity index (χ2v) is 10.3. The van der Waals surface area contributed by atoms with Gasteiger partial charge in [-0.1, -0.05) is 72.8 Å². The van der Waals surface area contributed by atoms with Crippen molar-refractivity contribution >= 4 is 31.7 Å². The Kier molecular flexibility index (Phi) is 5.77. The molecule has 0 aliphatic carbocycles. The summed E-state index contributed by atoms with van der Waals surface area (Å²) in [6, 6.07) is 26.4. The summed E-state index contributed by atoms with van der Waals surface area (Å²) in [5.74, 6) is -1.19. The lowest BCUT2D eigenvalue weighted by molar-refractivity contribution is -0.189. The summed E-state index contributed by atoms with van der Waals surface area (Å²) < 4.78 is 45.7. The first-order valence-corrected chi connectivity index (χ1v) is 12.9. The molecule has 2 atom stereocenters. The van der Waals surface area contributed by atoms with Crippen molar-refractivity contribution in [3.8, 4) is 0 Å². The molecule has 2 heterocycles. The molecule has 2 unspecified atom stereocenters. The van der Waals surface area contributed by atoms with Crippen LogP contribution in [0, 0.1) is 0 Å². The molecule has 1 aliphatic rings. The number of aromatic nitrogens is 3. The molecule has 6 rings (SSSR count). The molecule has 5 aromatic rings. The van der Waals surface area contributed by atoms with E-state index in [1.54, 1.807) is 29.2 Å². The highest BCUT2D eigenvalue weighted by Gasteiger charge is 2.45. The fourth-order valence-corrected chi connectivity index (χ4v) is 5.57. The van der Waals surface area contributed by atoms with Gasteiger partial charge in [-0.3, -0.25) is 4.18 Å². The Hall–Kier alpha value is -3.63. The van der Waals surface area contributed by atoms with Gasteiger partial charge in [0.05, 0.1) is 18.1 Å². The summed E-state index contributed by atoms with van der Waals surface area (Å²) >= 11 is 0. The third-order valence-electron chi connectivity index (χ3n) is 6.31. The molecule has 8 nitrogen and oxygen atoms in total. The lowest BCUT2D eigenvalue weighted by atomic mass is 9.97. The Morgan fingerprint density at radius 2 is 1.72 bits per heavy atom. The van der Waals surface area contributed by atoms with Crippen LogP contribution >= 0.6 is 0 Å². The molecular weight excluding hydrogens is 478 g/mol. The zero-order valence-corrected chi connectivity index (χ0v) is 20.0. The second-order valence-electron chi connectivity index (χ2n) is 8.67. The number of nitrogens with zero attached hydrogens (tertiary/aromatic N) is 3. The minimum absolute atomic E-state index is 0.100. The summed E-state index contributed by atoms with van der Waals surface area (Å²) in [4.78, 5) is 4.13. The molecule has 4 aromatic carbocycles. The van der Waals surface area contributed by atoms with Crippen molar-refractivity contribution in [3.63, 3.8) is 0 Å². The number of fused-ring (bicyclic) bond motifs is 2. The van der Waals surface area contributed by atoms with E-state index in [0.29, 0.717) is 0 Å². The number of hydrogen-bond donors (Lipinski definition) is 0. The first kappa shape index (κ1) is 22.8. The Labute approximate surface area is 208 Å². The van der Waals surface area contributed by atoms with Crippen molar-refractivity contribution in [1.29, 1.82) is 0 Å². The van der Waals surface area contributed by atoms with Crippen LogP contribution in [-0.4, -0.2) is 42.5 Å². The van der Waals surface area contributed by atoms with Crippen LogP contribution in [-0.2, 0) is 36.1 Å². The van der Waals surface area contributed by atoms with E-state index in [0.717, 1.165) is 27.1 Å². The molecule has 0 saturated carbocycles. The molecule has 0 spiro atoms. The molecule has 0 N–H and O–H groups in total. The Bertz CT molecular complexity index is 1630. The number of ether oxygens (including phenoxy) is 2. The molecule has 0 amide bonds. The smallest absolute Gasteiger partial charge is 0.297 e. The third kappa shape index (κ3) is 4.27. The monoisotopic (exact) mass is 501 g/mol. The molecule has 1 saturated heterocycles. The zero-order valence-electron chi connectivity index (χ0n) is 19.2. The van der Waals surface area contributed by atoms with Crippen LogP contribution < -0.4 is 0 Å². The van der Waals surface area contributed by atoms with Crippen LogP contribution in [0.15, 0.2) is 102 Å². The van der Waals surface area contributed by atoms with Gasteiger partial charge in [-0.25, -0.2) is 9.67 Å². The summed E-state index contributed by atoms with van der Waals surface area (Å²) in [6.45, 7) is 0.221. The van der Waals surface area contributed by atoms with Gasteiger partial charge in [-0.05, 0) is 33.7 Å². The number of benzene rings is 4. The van der Waals surface area contributed by atoms with Gasteiger partial charge >= 0.3 is 0 Å². The molecule has 1 aliphatic heterocycles. The van der Waals surface area contributed by atoms with E-state index in [4.69, 9.17) is 13.7 Å². The average Bonchev–Trinajstić information content (AvgIpc) is 3.58. The van der Waals surface area contributed by atoms with E-state index >= 15 is 0 Å². The Balaban J connectivity index is 1.26. The molecule has 1 fully saturated rings. The van der Waals surface area contributed by atoms with Crippen molar-refractivity contribution in [2.75, 3.05) is 13.2 Å². The molecule has 36 heavy (non-hydrogen) atoms. The molecule has 1 aromatic heterocycles. The predicted molar refractivity (Wildman–Crippen MR) is 134 cm³/mol. The highest BCUT2D eigenvalue weighted by molar-refractivity contribution is 7.86. The Morgan fingerprint density at radius 3 is 2.56 bits per heavy atom. The minimum Gasteiger partial charge on any atom is -0.342 e. The second kappa shape index (κ2) is 9.11. The van der Waals surface area contributed by atoms with Crippen molar-refractivity contribution < 1.29 is 22.1 Å². The Morgan fingerprint density at radius 1 is 0.944 bits per heavy atom. The highest BCUT2D eigenvalue weighted by Crippen LogP contribution is 2.39. The maximum atomic E-state index is 13.0. The lowest BCUT2D eigenvalue weighted by Crippen LogP contribution is -2.35. The maximum Gasteiger partial charge on any atom is 0.297 e.